The molecule has 3 rings (SSSR count). The maximum atomic E-state index is 11.0. The number of imidazole rings is 1. The van der Waals surface area contributed by atoms with E-state index in [2.05, 4.69) is 9.97 Å². The van der Waals surface area contributed by atoms with E-state index >= 15 is 0 Å². The summed E-state index contributed by atoms with van der Waals surface area (Å²) in [4.78, 5) is 18.7. The third-order valence-electron chi connectivity index (χ3n) is 3.67. The van der Waals surface area contributed by atoms with Crippen molar-refractivity contribution in [2.24, 2.45) is 0 Å². The number of aromatic nitrogens is 2. The number of hydrogen-bond acceptors (Lipinski definition) is 3. The summed E-state index contributed by atoms with van der Waals surface area (Å²) in [6, 6.07) is 15.3. The first-order valence-corrected chi connectivity index (χ1v) is 8.03. The van der Waals surface area contributed by atoms with Crippen LogP contribution in [0.25, 0.3) is 17.3 Å². The summed E-state index contributed by atoms with van der Waals surface area (Å²) in [6.07, 6.45) is 5.37. The number of hydrogen-bond donors (Lipinski definition) is 3. The largest absolute Gasteiger partial charge is 0.342 e. The highest BCUT2D eigenvalue weighted by Gasteiger charge is 2.04. The van der Waals surface area contributed by atoms with Crippen molar-refractivity contribution in [1.82, 2.24) is 15.4 Å². The molecule has 1 aromatic heterocycles. The van der Waals surface area contributed by atoms with Gasteiger partial charge >= 0.3 is 0 Å². The lowest BCUT2D eigenvalue weighted by atomic mass is 10.1. The van der Waals surface area contributed by atoms with E-state index in [1.807, 2.05) is 54.7 Å². The SMILES string of the molecule is O=C(/C=C/c1ccc(Cc2ncc(-c3ccc(Cl)cc3)[nH]2)cc1)NO. The monoisotopic (exact) mass is 353 g/mol. The second kappa shape index (κ2) is 7.79. The second-order valence-corrected chi connectivity index (χ2v) is 5.91. The van der Waals surface area contributed by atoms with Crippen molar-refractivity contribution in [1.29, 1.82) is 0 Å². The van der Waals surface area contributed by atoms with Crippen molar-refractivity contribution in [3.05, 3.63) is 82.8 Å². The number of rotatable bonds is 5. The van der Waals surface area contributed by atoms with Gasteiger partial charge in [0.1, 0.15) is 5.82 Å². The molecule has 0 radical (unpaired) electrons. The Hall–Kier alpha value is -2.89. The van der Waals surface area contributed by atoms with Crippen LogP contribution in [0, 0.1) is 0 Å². The molecule has 3 N–H and O–H groups in total. The molecule has 0 aliphatic carbocycles. The summed E-state index contributed by atoms with van der Waals surface area (Å²) in [7, 11) is 0. The van der Waals surface area contributed by atoms with Crippen LogP contribution >= 0.6 is 11.6 Å². The van der Waals surface area contributed by atoms with E-state index < -0.39 is 5.91 Å². The first-order chi connectivity index (χ1) is 12.1. The van der Waals surface area contributed by atoms with Gasteiger partial charge < -0.3 is 4.98 Å². The Bertz CT molecular complexity index is 884. The third-order valence-corrected chi connectivity index (χ3v) is 3.92. The lowest BCUT2D eigenvalue weighted by molar-refractivity contribution is -0.124. The topological polar surface area (TPSA) is 78.0 Å². The zero-order chi connectivity index (χ0) is 17.6. The number of hydroxylamine groups is 1. The standard InChI is InChI=1S/C19H16ClN3O2/c20-16-8-6-15(7-9-16)17-12-21-18(22-17)11-14-3-1-13(2-4-14)5-10-19(24)23-25/h1-10,12,25H,11H2,(H,21,22)(H,23,24)/b10-5+. The fourth-order valence-corrected chi connectivity index (χ4v) is 2.50. The minimum Gasteiger partial charge on any atom is -0.342 e. The summed E-state index contributed by atoms with van der Waals surface area (Å²) in [5, 5.41) is 9.15. The van der Waals surface area contributed by atoms with E-state index in [1.165, 1.54) is 6.08 Å². The molecule has 6 heteroatoms. The Morgan fingerprint density at radius 2 is 1.88 bits per heavy atom. The van der Waals surface area contributed by atoms with Crippen molar-refractivity contribution in [2.75, 3.05) is 0 Å². The molecule has 0 aliphatic rings. The van der Waals surface area contributed by atoms with Gasteiger partial charge in [-0.25, -0.2) is 10.5 Å². The minimum atomic E-state index is -0.561. The predicted molar refractivity (Wildman–Crippen MR) is 97.2 cm³/mol. The molecule has 0 bridgehead atoms. The average molecular weight is 354 g/mol. The summed E-state index contributed by atoms with van der Waals surface area (Å²) >= 11 is 5.91. The van der Waals surface area contributed by atoms with Crippen LogP contribution in [0.3, 0.4) is 0 Å². The molecular formula is C19H16ClN3O2. The smallest absolute Gasteiger partial charge is 0.267 e. The minimum absolute atomic E-state index is 0.561. The van der Waals surface area contributed by atoms with Crippen LogP contribution in [0.2, 0.25) is 5.02 Å². The summed E-state index contributed by atoms with van der Waals surface area (Å²) in [5.74, 6) is 0.308. The first kappa shape index (κ1) is 17.0. The van der Waals surface area contributed by atoms with Gasteiger partial charge in [-0.1, -0.05) is 48.0 Å². The summed E-state index contributed by atoms with van der Waals surface area (Å²) < 4.78 is 0. The van der Waals surface area contributed by atoms with Crippen LogP contribution in [0.4, 0.5) is 0 Å². The highest BCUT2D eigenvalue weighted by Crippen LogP contribution is 2.20. The number of benzene rings is 2. The molecule has 0 aliphatic heterocycles. The third kappa shape index (κ3) is 4.56. The number of nitrogens with zero attached hydrogens (tertiary/aromatic N) is 1. The maximum absolute atomic E-state index is 11.0. The van der Waals surface area contributed by atoms with Gasteiger partial charge in [-0.05, 0) is 34.9 Å². The van der Waals surface area contributed by atoms with E-state index in [9.17, 15) is 4.79 Å². The number of amides is 1. The molecule has 5 nitrogen and oxygen atoms in total. The van der Waals surface area contributed by atoms with Crippen molar-refractivity contribution in [3.8, 4) is 11.3 Å². The number of nitrogens with one attached hydrogen (secondary N) is 2. The molecule has 0 unspecified atom stereocenters. The molecule has 0 fully saturated rings. The van der Waals surface area contributed by atoms with Crippen molar-refractivity contribution < 1.29 is 10.0 Å². The Balaban J connectivity index is 1.67. The quantitative estimate of drug-likeness (QED) is 0.370. The number of carbonyl (C=O) groups excluding carboxylic acids is 1. The predicted octanol–water partition coefficient (Wildman–Crippen LogP) is 3.84. The van der Waals surface area contributed by atoms with Crippen LogP contribution in [0.1, 0.15) is 17.0 Å². The fraction of sp³-hybridized carbons (Fsp3) is 0.0526. The van der Waals surface area contributed by atoms with Crippen LogP contribution in [-0.2, 0) is 11.2 Å². The molecule has 0 spiro atoms. The lowest BCUT2D eigenvalue weighted by Crippen LogP contribution is -2.14. The normalized spacial score (nSPS) is 11.0. The van der Waals surface area contributed by atoms with Gasteiger partial charge in [0.15, 0.2) is 0 Å². The van der Waals surface area contributed by atoms with Crippen LogP contribution in [0.5, 0.6) is 0 Å². The van der Waals surface area contributed by atoms with E-state index in [0.717, 1.165) is 28.2 Å². The van der Waals surface area contributed by atoms with Crippen molar-refractivity contribution >= 4 is 23.6 Å². The highest BCUT2D eigenvalue weighted by molar-refractivity contribution is 6.30. The van der Waals surface area contributed by atoms with Gasteiger partial charge in [-0.3, -0.25) is 10.0 Å². The maximum Gasteiger partial charge on any atom is 0.267 e. The van der Waals surface area contributed by atoms with Gasteiger partial charge in [0.2, 0.25) is 0 Å². The molecular weight excluding hydrogens is 338 g/mol. The lowest BCUT2D eigenvalue weighted by Gasteiger charge is -2.01. The van der Waals surface area contributed by atoms with Gasteiger partial charge in [0, 0.05) is 17.5 Å². The molecule has 25 heavy (non-hydrogen) atoms. The molecule has 0 saturated heterocycles. The van der Waals surface area contributed by atoms with E-state index in [4.69, 9.17) is 16.8 Å². The van der Waals surface area contributed by atoms with Crippen LogP contribution in [0.15, 0.2) is 60.8 Å². The van der Waals surface area contributed by atoms with Gasteiger partial charge in [0.05, 0.1) is 11.9 Å². The zero-order valence-corrected chi connectivity index (χ0v) is 14.0. The summed E-state index contributed by atoms with van der Waals surface area (Å²) in [6.45, 7) is 0. The Labute approximate surface area is 150 Å². The highest BCUT2D eigenvalue weighted by atomic mass is 35.5. The van der Waals surface area contributed by atoms with Crippen molar-refractivity contribution in [3.63, 3.8) is 0 Å². The summed E-state index contributed by atoms with van der Waals surface area (Å²) in [5.41, 5.74) is 5.50. The van der Waals surface area contributed by atoms with Crippen LogP contribution in [-0.4, -0.2) is 21.1 Å². The Morgan fingerprint density at radius 3 is 2.56 bits per heavy atom. The molecule has 0 atom stereocenters. The first-order valence-electron chi connectivity index (χ1n) is 7.65. The molecule has 2 aromatic carbocycles. The van der Waals surface area contributed by atoms with E-state index in [-0.39, 0.29) is 0 Å². The second-order valence-electron chi connectivity index (χ2n) is 5.48. The zero-order valence-electron chi connectivity index (χ0n) is 13.2. The van der Waals surface area contributed by atoms with Gasteiger partial charge in [0.25, 0.3) is 5.91 Å². The molecule has 3 aromatic rings. The number of H-pyrrole nitrogens is 1. The number of carbonyl (C=O) groups is 1. The van der Waals surface area contributed by atoms with Crippen molar-refractivity contribution in [2.45, 2.75) is 6.42 Å². The molecule has 1 amide bonds. The average Bonchev–Trinajstić information content (AvgIpc) is 3.10. The molecule has 126 valence electrons. The number of halogens is 1. The van der Waals surface area contributed by atoms with Gasteiger partial charge in [-0.15, -0.1) is 0 Å². The molecule has 1 heterocycles. The van der Waals surface area contributed by atoms with Gasteiger partial charge in [-0.2, -0.15) is 0 Å². The van der Waals surface area contributed by atoms with E-state index in [1.54, 1.807) is 11.6 Å². The Morgan fingerprint density at radius 1 is 1.16 bits per heavy atom. The van der Waals surface area contributed by atoms with E-state index in [0.29, 0.717) is 11.4 Å². The fourth-order valence-electron chi connectivity index (χ4n) is 2.38. The number of aromatic amines is 1. The van der Waals surface area contributed by atoms with Crippen LogP contribution < -0.4 is 5.48 Å². The molecule has 0 saturated carbocycles. The Kier molecular flexibility index (Phi) is 5.28.